The van der Waals surface area contributed by atoms with Crippen LogP contribution in [-0.4, -0.2) is 46.0 Å². The number of fused-ring (bicyclic) bond motifs is 5. The number of rotatable bonds is 2. The molecule has 0 spiro atoms. The van der Waals surface area contributed by atoms with E-state index in [9.17, 15) is 46.0 Å². The number of aromatic hydroxyl groups is 9. The molecule has 0 fully saturated rings. The topological polar surface area (TPSA) is 182 Å². The normalized spacial score (nSPS) is 11.6. The molecule has 0 unspecified atom stereocenters. The number of benzene rings is 7. The lowest BCUT2D eigenvalue weighted by molar-refractivity contribution is 0.330. The van der Waals surface area contributed by atoms with Crippen molar-refractivity contribution in [3.05, 3.63) is 78.9 Å². The molecule has 7 aromatic rings. The smallest absolute Gasteiger partial charge is 0.208 e. The Morgan fingerprint density at radius 2 is 0.744 bits per heavy atom. The van der Waals surface area contributed by atoms with Crippen molar-refractivity contribution in [2.24, 2.45) is 0 Å². The molecule has 0 aliphatic rings. The third kappa shape index (κ3) is 3.39. The number of phenols is 9. The molecule has 0 heterocycles. The largest absolute Gasteiger partial charge is 0.504 e. The molecule has 7 aromatic carbocycles. The zero-order valence-corrected chi connectivity index (χ0v) is 22.0. The van der Waals surface area contributed by atoms with Gasteiger partial charge < -0.3 is 46.0 Å². The van der Waals surface area contributed by atoms with E-state index in [2.05, 4.69) is 0 Å². The molecule has 0 amide bonds. The Morgan fingerprint density at radius 3 is 1.30 bits per heavy atom. The standard InChI is InChI=1S/C34H22O9/c35-26-20-12-11-14-9-10-15(13-21(14)24(20)27(36)31(40)30(26)39)22-16-5-1-3-7-18(16)23(19-8-4-2-6-17(19)22)25-28(37)32(41)34(43)33(42)29(25)38/h1-13,35-43H. The zero-order chi connectivity index (χ0) is 30.3. The van der Waals surface area contributed by atoms with E-state index in [0.717, 1.165) is 5.56 Å². The average molecular weight is 575 g/mol. The molecule has 9 nitrogen and oxygen atoms in total. The van der Waals surface area contributed by atoms with Crippen molar-refractivity contribution in [3.8, 4) is 74.0 Å². The predicted octanol–water partition coefficient (Wildman–Crippen LogP) is 6.98. The summed E-state index contributed by atoms with van der Waals surface area (Å²) >= 11 is 0. The Labute approximate surface area is 241 Å². The quantitative estimate of drug-likeness (QED) is 0.0455. The summed E-state index contributed by atoms with van der Waals surface area (Å²) in [5.74, 6) is -7.48. The van der Waals surface area contributed by atoms with E-state index >= 15 is 0 Å². The van der Waals surface area contributed by atoms with Gasteiger partial charge >= 0.3 is 0 Å². The van der Waals surface area contributed by atoms with Crippen LogP contribution in [0.5, 0.6) is 51.7 Å². The zero-order valence-electron chi connectivity index (χ0n) is 22.0. The van der Waals surface area contributed by atoms with E-state index in [0.29, 0.717) is 43.4 Å². The third-order valence-corrected chi connectivity index (χ3v) is 8.03. The second kappa shape index (κ2) is 8.89. The second-order valence-corrected chi connectivity index (χ2v) is 10.3. The van der Waals surface area contributed by atoms with Crippen LogP contribution in [0, 0.1) is 0 Å². The van der Waals surface area contributed by atoms with Crippen LogP contribution in [0.2, 0.25) is 0 Å². The lowest BCUT2D eigenvalue weighted by Gasteiger charge is -2.20. The SMILES string of the molecule is Oc1c(O)c(O)c(-c2c3ccccc3c(-c3ccc4ccc5c(O)c(O)c(O)c(O)c5c4c3)c3ccccc23)c(O)c1O. The maximum atomic E-state index is 10.9. The van der Waals surface area contributed by atoms with Gasteiger partial charge in [-0.2, -0.15) is 0 Å². The third-order valence-electron chi connectivity index (χ3n) is 8.03. The van der Waals surface area contributed by atoms with Crippen molar-refractivity contribution in [1.82, 2.24) is 0 Å². The molecule has 0 atom stereocenters. The van der Waals surface area contributed by atoms with Gasteiger partial charge in [-0.05, 0) is 55.6 Å². The highest BCUT2D eigenvalue weighted by Crippen LogP contribution is 2.58. The number of phenolic OH excluding ortho intramolecular Hbond substituents is 9. The van der Waals surface area contributed by atoms with Gasteiger partial charge in [0.25, 0.3) is 0 Å². The van der Waals surface area contributed by atoms with E-state index in [4.69, 9.17) is 0 Å². The van der Waals surface area contributed by atoms with Crippen LogP contribution in [0.1, 0.15) is 0 Å². The van der Waals surface area contributed by atoms with Crippen LogP contribution < -0.4 is 0 Å². The Balaban J connectivity index is 1.64. The first-order valence-electron chi connectivity index (χ1n) is 13.1. The first-order chi connectivity index (χ1) is 20.6. The van der Waals surface area contributed by atoms with Crippen LogP contribution in [0.4, 0.5) is 0 Å². The van der Waals surface area contributed by atoms with Gasteiger partial charge in [-0.3, -0.25) is 0 Å². The highest BCUT2D eigenvalue weighted by Gasteiger charge is 2.28. The van der Waals surface area contributed by atoms with E-state index in [1.165, 1.54) is 6.07 Å². The van der Waals surface area contributed by atoms with Crippen LogP contribution in [0.15, 0.2) is 78.9 Å². The highest BCUT2D eigenvalue weighted by molar-refractivity contribution is 6.24. The fraction of sp³-hybridized carbons (Fsp3) is 0. The molecule has 0 aromatic heterocycles. The van der Waals surface area contributed by atoms with Crippen LogP contribution >= 0.6 is 0 Å². The molecule has 9 N–H and O–H groups in total. The van der Waals surface area contributed by atoms with E-state index in [1.54, 1.807) is 48.5 Å². The lowest BCUT2D eigenvalue weighted by atomic mass is 9.84. The molecular weight excluding hydrogens is 552 g/mol. The Kier molecular flexibility index (Phi) is 5.32. The van der Waals surface area contributed by atoms with Gasteiger partial charge in [0, 0.05) is 16.3 Å². The maximum Gasteiger partial charge on any atom is 0.208 e. The summed E-state index contributed by atoms with van der Waals surface area (Å²) in [5, 5.41) is 98.1. The molecule has 0 saturated carbocycles. The van der Waals surface area contributed by atoms with Crippen molar-refractivity contribution in [2.75, 3.05) is 0 Å². The molecule has 0 bridgehead atoms. The minimum Gasteiger partial charge on any atom is -0.504 e. The highest BCUT2D eigenvalue weighted by atomic mass is 16.4. The predicted molar refractivity (Wildman–Crippen MR) is 162 cm³/mol. The van der Waals surface area contributed by atoms with Gasteiger partial charge in [0.15, 0.2) is 23.0 Å². The van der Waals surface area contributed by atoms with Gasteiger partial charge in [-0.15, -0.1) is 0 Å². The molecule has 212 valence electrons. The van der Waals surface area contributed by atoms with E-state index < -0.39 is 51.7 Å². The number of hydrogen-bond acceptors (Lipinski definition) is 9. The van der Waals surface area contributed by atoms with Crippen LogP contribution in [0.3, 0.4) is 0 Å². The number of hydrogen-bond donors (Lipinski definition) is 9. The fourth-order valence-electron chi connectivity index (χ4n) is 6.03. The Bertz CT molecular complexity index is 2260. The summed E-state index contributed by atoms with van der Waals surface area (Å²) in [6.07, 6.45) is 0. The van der Waals surface area contributed by atoms with Crippen molar-refractivity contribution in [2.45, 2.75) is 0 Å². The average Bonchev–Trinajstić information content (AvgIpc) is 3.03. The monoisotopic (exact) mass is 574 g/mol. The van der Waals surface area contributed by atoms with Gasteiger partial charge in [-0.25, -0.2) is 0 Å². The first kappa shape index (κ1) is 25.7. The summed E-state index contributed by atoms with van der Waals surface area (Å²) < 4.78 is 0. The first-order valence-corrected chi connectivity index (χ1v) is 13.1. The van der Waals surface area contributed by atoms with Crippen molar-refractivity contribution in [1.29, 1.82) is 0 Å². The Morgan fingerprint density at radius 1 is 0.302 bits per heavy atom. The molecule has 43 heavy (non-hydrogen) atoms. The molecule has 0 aliphatic carbocycles. The van der Waals surface area contributed by atoms with Crippen molar-refractivity contribution >= 4 is 43.1 Å². The van der Waals surface area contributed by atoms with Gasteiger partial charge in [-0.1, -0.05) is 66.7 Å². The summed E-state index contributed by atoms with van der Waals surface area (Å²) in [4.78, 5) is 0. The van der Waals surface area contributed by atoms with Gasteiger partial charge in [0.05, 0.1) is 5.56 Å². The summed E-state index contributed by atoms with van der Waals surface area (Å²) in [7, 11) is 0. The van der Waals surface area contributed by atoms with Crippen LogP contribution in [0.25, 0.3) is 65.3 Å². The molecule has 0 radical (unpaired) electrons. The van der Waals surface area contributed by atoms with E-state index in [1.807, 2.05) is 24.3 Å². The maximum absolute atomic E-state index is 10.9. The fourth-order valence-corrected chi connectivity index (χ4v) is 6.03. The summed E-state index contributed by atoms with van der Waals surface area (Å²) in [5.41, 5.74) is 1.43. The Hall–Kier alpha value is -6.22. The minimum atomic E-state index is -1.05. The second-order valence-electron chi connectivity index (χ2n) is 10.3. The molecular formula is C34H22O9. The van der Waals surface area contributed by atoms with Gasteiger partial charge in [0.2, 0.25) is 28.7 Å². The molecule has 9 heteroatoms. The van der Waals surface area contributed by atoms with Crippen molar-refractivity contribution in [3.63, 3.8) is 0 Å². The summed E-state index contributed by atoms with van der Waals surface area (Å²) in [6.45, 7) is 0. The molecule has 0 aliphatic heterocycles. The molecule has 0 saturated heterocycles. The van der Waals surface area contributed by atoms with Gasteiger partial charge in [0.1, 0.15) is 0 Å². The van der Waals surface area contributed by atoms with Crippen LogP contribution in [-0.2, 0) is 0 Å². The minimum absolute atomic E-state index is 0.139. The van der Waals surface area contributed by atoms with Crippen molar-refractivity contribution < 1.29 is 46.0 Å². The molecule has 7 rings (SSSR count). The summed E-state index contributed by atoms with van der Waals surface area (Å²) in [6, 6.07) is 23.0. The lowest BCUT2D eigenvalue weighted by Crippen LogP contribution is -1.92. The van der Waals surface area contributed by atoms with E-state index in [-0.39, 0.29) is 16.3 Å².